The van der Waals surface area contributed by atoms with E-state index in [9.17, 15) is 9.59 Å². The minimum absolute atomic E-state index is 0.00995. The number of aromatic nitrogens is 1. The second-order valence-corrected chi connectivity index (χ2v) is 4.92. The summed E-state index contributed by atoms with van der Waals surface area (Å²) in [6, 6.07) is 0. The molecule has 0 spiro atoms. The molecule has 0 bridgehead atoms. The topological polar surface area (TPSA) is 91.6 Å². The quantitative estimate of drug-likeness (QED) is 0.778. The summed E-state index contributed by atoms with van der Waals surface area (Å²) < 4.78 is 0. The Kier molecular flexibility index (Phi) is 4.49. The lowest BCUT2D eigenvalue weighted by Gasteiger charge is -2.14. The second kappa shape index (κ2) is 5.67. The van der Waals surface area contributed by atoms with Crippen LogP contribution in [0.1, 0.15) is 9.67 Å². The van der Waals surface area contributed by atoms with Gasteiger partial charge in [0.2, 0.25) is 5.91 Å². The highest BCUT2D eigenvalue weighted by molar-refractivity contribution is 7.18. The molecule has 100 valence electrons. The highest BCUT2D eigenvalue weighted by Crippen LogP contribution is 2.27. The van der Waals surface area contributed by atoms with Gasteiger partial charge in [0.1, 0.15) is 10.7 Å². The molecular weight excluding hydrogens is 254 g/mol. The Balaban J connectivity index is 2.86. The van der Waals surface area contributed by atoms with Crippen LogP contribution >= 0.6 is 11.3 Å². The molecule has 0 saturated carbocycles. The Morgan fingerprint density at radius 3 is 2.44 bits per heavy atom. The second-order valence-electron chi connectivity index (χ2n) is 3.94. The van der Waals surface area contributed by atoms with Crippen LogP contribution in [0.4, 0.5) is 10.9 Å². The number of likely N-dealkylation sites (N-methyl/N-ethyl adjacent to an activating group) is 2. The first-order chi connectivity index (χ1) is 8.36. The van der Waals surface area contributed by atoms with E-state index in [1.54, 1.807) is 11.9 Å². The standard InChI is InChI=1S/C10H17N5O2S/c1-12-6(16)5-15(4)9(17)7-8(11)13-10(18-7)14(2)3/h5,11H2,1-4H3,(H,12,16). The van der Waals surface area contributed by atoms with Gasteiger partial charge in [-0.3, -0.25) is 9.59 Å². The number of carbonyl (C=O) groups excluding carboxylic acids is 2. The van der Waals surface area contributed by atoms with Gasteiger partial charge in [-0.25, -0.2) is 4.98 Å². The molecule has 0 aromatic carbocycles. The molecule has 2 amide bonds. The molecule has 1 heterocycles. The summed E-state index contributed by atoms with van der Waals surface area (Å²) in [4.78, 5) is 30.8. The van der Waals surface area contributed by atoms with E-state index in [0.717, 1.165) is 0 Å². The molecule has 1 aromatic heterocycles. The van der Waals surface area contributed by atoms with Gasteiger partial charge < -0.3 is 20.9 Å². The Labute approximate surface area is 110 Å². The zero-order valence-corrected chi connectivity index (χ0v) is 11.7. The smallest absolute Gasteiger partial charge is 0.268 e. The number of nitrogens with one attached hydrogen (secondary N) is 1. The average Bonchev–Trinajstić information content (AvgIpc) is 2.70. The predicted molar refractivity (Wildman–Crippen MR) is 71.9 cm³/mol. The molecule has 1 rings (SSSR count). The Morgan fingerprint density at radius 1 is 1.39 bits per heavy atom. The summed E-state index contributed by atoms with van der Waals surface area (Å²) in [5, 5.41) is 3.11. The van der Waals surface area contributed by atoms with Crippen LogP contribution in [0.15, 0.2) is 0 Å². The van der Waals surface area contributed by atoms with Crippen molar-refractivity contribution in [2.45, 2.75) is 0 Å². The molecule has 8 heteroatoms. The van der Waals surface area contributed by atoms with Gasteiger partial charge in [-0.2, -0.15) is 0 Å². The van der Waals surface area contributed by atoms with Crippen molar-refractivity contribution in [1.82, 2.24) is 15.2 Å². The van der Waals surface area contributed by atoms with Crippen molar-refractivity contribution in [2.75, 3.05) is 45.4 Å². The number of nitrogens with two attached hydrogens (primary N) is 1. The highest BCUT2D eigenvalue weighted by Gasteiger charge is 2.21. The Bertz CT molecular complexity index is 457. The van der Waals surface area contributed by atoms with E-state index in [1.165, 1.54) is 23.3 Å². The Morgan fingerprint density at radius 2 is 2.00 bits per heavy atom. The molecule has 0 fully saturated rings. The fraction of sp³-hybridized carbons (Fsp3) is 0.500. The maximum Gasteiger partial charge on any atom is 0.268 e. The van der Waals surface area contributed by atoms with Crippen molar-refractivity contribution < 1.29 is 9.59 Å². The normalized spacial score (nSPS) is 10.0. The lowest BCUT2D eigenvalue weighted by molar-refractivity contribution is -0.121. The van der Waals surface area contributed by atoms with E-state index in [1.807, 2.05) is 14.1 Å². The summed E-state index contributed by atoms with van der Waals surface area (Å²) in [6.45, 7) is -0.00995. The van der Waals surface area contributed by atoms with Gasteiger partial charge in [0.05, 0.1) is 6.54 Å². The van der Waals surface area contributed by atoms with E-state index in [4.69, 9.17) is 5.73 Å². The third kappa shape index (κ3) is 3.10. The van der Waals surface area contributed by atoms with Crippen LogP contribution in [0.5, 0.6) is 0 Å². The van der Waals surface area contributed by atoms with E-state index in [-0.39, 0.29) is 24.2 Å². The minimum atomic E-state index is -0.304. The van der Waals surface area contributed by atoms with Crippen LogP contribution in [0.3, 0.4) is 0 Å². The van der Waals surface area contributed by atoms with Gasteiger partial charge in [0.25, 0.3) is 5.91 Å². The number of hydrogen-bond acceptors (Lipinski definition) is 6. The van der Waals surface area contributed by atoms with Crippen LogP contribution in [-0.2, 0) is 4.79 Å². The number of rotatable bonds is 4. The molecule has 0 unspecified atom stereocenters. The zero-order chi connectivity index (χ0) is 13.9. The highest BCUT2D eigenvalue weighted by atomic mass is 32.1. The van der Waals surface area contributed by atoms with Gasteiger partial charge in [0.15, 0.2) is 5.13 Å². The molecule has 18 heavy (non-hydrogen) atoms. The predicted octanol–water partition coefficient (Wildman–Crippen LogP) is -0.391. The minimum Gasteiger partial charge on any atom is -0.382 e. The van der Waals surface area contributed by atoms with E-state index < -0.39 is 0 Å². The van der Waals surface area contributed by atoms with Crippen LogP contribution < -0.4 is 16.0 Å². The maximum atomic E-state index is 12.1. The monoisotopic (exact) mass is 271 g/mol. The number of amides is 2. The van der Waals surface area contributed by atoms with Crippen LogP contribution in [0, 0.1) is 0 Å². The molecule has 0 atom stereocenters. The molecule has 0 saturated heterocycles. The number of thiazole rings is 1. The summed E-state index contributed by atoms with van der Waals surface area (Å²) in [5.74, 6) is -0.346. The van der Waals surface area contributed by atoms with Crippen molar-refractivity contribution >= 4 is 34.1 Å². The summed E-state index contributed by atoms with van der Waals surface area (Å²) in [5.41, 5.74) is 5.71. The lowest BCUT2D eigenvalue weighted by Crippen LogP contribution is -2.36. The first-order valence-corrected chi connectivity index (χ1v) is 6.08. The molecule has 0 radical (unpaired) electrons. The van der Waals surface area contributed by atoms with Crippen molar-refractivity contribution in [3.8, 4) is 0 Å². The fourth-order valence-electron chi connectivity index (χ4n) is 1.20. The third-order valence-corrected chi connectivity index (χ3v) is 3.45. The maximum absolute atomic E-state index is 12.1. The summed E-state index contributed by atoms with van der Waals surface area (Å²) >= 11 is 1.21. The van der Waals surface area contributed by atoms with Gasteiger partial charge in [-0.05, 0) is 0 Å². The molecule has 0 aliphatic carbocycles. The zero-order valence-electron chi connectivity index (χ0n) is 10.9. The molecule has 0 aliphatic heterocycles. The van der Waals surface area contributed by atoms with Crippen LogP contribution in [0.25, 0.3) is 0 Å². The lowest BCUT2D eigenvalue weighted by atomic mass is 10.4. The molecular formula is C10H17N5O2S. The largest absolute Gasteiger partial charge is 0.382 e. The van der Waals surface area contributed by atoms with Crippen molar-refractivity contribution in [3.05, 3.63) is 4.88 Å². The number of anilines is 2. The fourth-order valence-corrected chi connectivity index (χ4v) is 2.11. The van der Waals surface area contributed by atoms with E-state index in [2.05, 4.69) is 10.3 Å². The first-order valence-electron chi connectivity index (χ1n) is 5.26. The van der Waals surface area contributed by atoms with Gasteiger partial charge in [-0.15, -0.1) is 0 Å². The number of nitrogen functional groups attached to an aromatic ring is 1. The van der Waals surface area contributed by atoms with Gasteiger partial charge >= 0.3 is 0 Å². The molecule has 1 aromatic rings. The number of carbonyl (C=O) groups is 2. The Hall–Kier alpha value is -1.83. The average molecular weight is 271 g/mol. The number of nitrogens with zero attached hydrogens (tertiary/aromatic N) is 3. The third-order valence-electron chi connectivity index (χ3n) is 2.23. The molecule has 7 nitrogen and oxygen atoms in total. The van der Waals surface area contributed by atoms with Crippen LogP contribution in [-0.4, -0.2) is 56.4 Å². The van der Waals surface area contributed by atoms with Crippen molar-refractivity contribution in [2.24, 2.45) is 0 Å². The molecule has 3 N–H and O–H groups in total. The SMILES string of the molecule is CNC(=O)CN(C)C(=O)c1sc(N(C)C)nc1N. The van der Waals surface area contributed by atoms with Gasteiger partial charge in [-0.1, -0.05) is 11.3 Å². The van der Waals surface area contributed by atoms with Crippen molar-refractivity contribution in [1.29, 1.82) is 0 Å². The summed E-state index contributed by atoms with van der Waals surface area (Å²) in [6.07, 6.45) is 0. The van der Waals surface area contributed by atoms with Crippen molar-refractivity contribution in [3.63, 3.8) is 0 Å². The van der Waals surface area contributed by atoms with Crippen LogP contribution in [0.2, 0.25) is 0 Å². The van der Waals surface area contributed by atoms with E-state index in [0.29, 0.717) is 10.0 Å². The first kappa shape index (κ1) is 14.2. The van der Waals surface area contributed by atoms with E-state index >= 15 is 0 Å². The summed E-state index contributed by atoms with van der Waals surface area (Å²) in [7, 11) is 6.71. The number of hydrogen-bond donors (Lipinski definition) is 2. The molecule has 0 aliphatic rings. The van der Waals surface area contributed by atoms with Gasteiger partial charge in [0, 0.05) is 28.2 Å².